The van der Waals surface area contributed by atoms with Crippen molar-refractivity contribution in [2.45, 2.75) is 6.42 Å². The van der Waals surface area contributed by atoms with E-state index in [0.717, 1.165) is 17.8 Å². The average Bonchev–Trinajstić information content (AvgIpc) is 3.48. The summed E-state index contributed by atoms with van der Waals surface area (Å²) in [5.74, 6) is 0. The van der Waals surface area contributed by atoms with Gasteiger partial charge in [0.05, 0.1) is 11.4 Å². The van der Waals surface area contributed by atoms with Crippen molar-refractivity contribution in [3.63, 3.8) is 0 Å². The van der Waals surface area contributed by atoms with Crippen LogP contribution in [0.3, 0.4) is 0 Å². The monoisotopic (exact) mass is 932 g/mol. The van der Waals surface area contributed by atoms with E-state index in [4.69, 9.17) is 0 Å². The van der Waals surface area contributed by atoms with Gasteiger partial charge in [0, 0.05) is 12.4 Å². The minimum absolute atomic E-state index is 0.773. The fourth-order valence-corrected chi connectivity index (χ4v) is 9.55. The van der Waals surface area contributed by atoms with E-state index in [2.05, 4.69) is 265 Å². The second-order valence-electron chi connectivity index (χ2n) is 18.2. The van der Waals surface area contributed by atoms with Gasteiger partial charge in [-0.3, -0.25) is 9.97 Å². The van der Waals surface area contributed by atoms with Crippen molar-refractivity contribution in [2.75, 3.05) is 0 Å². The summed E-state index contributed by atoms with van der Waals surface area (Å²) in [4.78, 5) is 8.37. The third kappa shape index (κ3) is 11.3. The predicted molar refractivity (Wildman–Crippen MR) is 307 cm³/mol. The van der Waals surface area contributed by atoms with E-state index in [1.807, 2.05) is 36.4 Å². The molecule has 0 aliphatic carbocycles. The Morgan fingerprint density at radius 1 is 0.178 bits per heavy atom. The van der Waals surface area contributed by atoms with Crippen molar-refractivity contribution < 1.29 is 0 Å². The summed E-state index contributed by atoms with van der Waals surface area (Å²) in [6.07, 6.45) is 4.31. The lowest BCUT2D eigenvalue weighted by atomic mass is 9.89. The van der Waals surface area contributed by atoms with Gasteiger partial charge in [-0.05, 0) is 167 Å². The van der Waals surface area contributed by atoms with Gasteiger partial charge in [0.15, 0.2) is 0 Å². The van der Waals surface area contributed by atoms with Crippen molar-refractivity contribution in [1.82, 2.24) is 9.97 Å². The summed E-state index contributed by atoms with van der Waals surface area (Å²) in [5, 5.41) is 0. The topological polar surface area (TPSA) is 25.8 Å². The largest absolute Gasteiger partial charge is 0.255 e. The second kappa shape index (κ2) is 22.1. The molecule has 0 amide bonds. The van der Waals surface area contributed by atoms with Gasteiger partial charge in [-0.15, -0.1) is 0 Å². The standard InChI is InChI=1S/C61H44.C10H8N2/c1-5-17-46(18-6-1)50-25-13-29-54(38-50)58-34-44(35-59(42-58)55-30-14-26-51(39-55)47-19-7-2-8-20-47)33-45-36-60(56-31-15-27-52(40-56)48-21-9-3-10-22-48)43-61(37-45)57-32-16-28-53(41-57)49-23-11-4-12-24-49;1-3-7-11-9(5-1)10-6-2-4-8-12-10/h1-32,34-43H,33H2;1-8H. The highest BCUT2D eigenvalue weighted by Gasteiger charge is 2.13. The number of nitrogens with zero attached hydrogens (tertiary/aromatic N) is 2. The molecule has 0 unspecified atom stereocenters. The summed E-state index contributed by atoms with van der Waals surface area (Å²) in [6.45, 7) is 0. The fraction of sp³-hybridized carbons (Fsp3) is 0.0141. The first-order valence-electron chi connectivity index (χ1n) is 24.9. The first kappa shape index (κ1) is 45.9. The normalized spacial score (nSPS) is 10.8. The lowest BCUT2D eigenvalue weighted by Gasteiger charge is -2.15. The van der Waals surface area contributed by atoms with Crippen LogP contribution in [0.25, 0.3) is 100 Å². The molecule has 12 aromatic rings. The van der Waals surface area contributed by atoms with Crippen LogP contribution in [0, 0.1) is 0 Å². The molecule has 2 nitrogen and oxygen atoms in total. The maximum absolute atomic E-state index is 4.19. The van der Waals surface area contributed by atoms with Crippen LogP contribution in [0.4, 0.5) is 0 Å². The third-order valence-electron chi connectivity index (χ3n) is 13.2. The van der Waals surface area contributed by atoms with Gasteiger partial charge >= 0.3 is 0 Å². The fourth-order valence-electron chi connectivity index (χ4n) is 9.55. The Morgan fingerprint density at radius 2 is 0.397 bits per heavy atom. The molecule has 0 bridgehead atoms. The number of rotatable bonds is 11. The van der Waals surface area contributed by atoms with Crippen molar-refractivity contribution >= 4 is 0 Å². The highest BCUT2D eigenvalue weighted by atomic mass is 14.7. The Labute approximate surface area is 429 Å². The van der Waals surface area contributed by atoms with Crippen LogP contribution >= 0.6 is 0 Å². The minimum atomic E-state index is 0.773. The van der Waals surface area contributed by atoms with Gasteiger partial charge in [0.1, 0.15) is 0 Å². The molecule has 0 spiro atoms. The zero-order valence-corrected chi connectivity index (χ0v) is 40.5. The molecule has 0 aliphatic rings. The van der Waals surface area contributed by atoms with Crippen molar-refractivity contribution in [2.24, 2.45) is 0 Å². The molecule has 0 aliphatic heterocycles. The molecule has 73 heavy (non-hydrogen) atoms. The molecule has 0 saturated heterocycles. The Hall–Kier alpha value is -9.50. The zero-order chi connectivity index (χ0) is 49.0. The van der Waals surface area contributed by atoms with E-state index in [-0.39, 0.29) is 0 Å². The van der Waals surface area contributed by atoms with E-state index in [0.29, 0.717) is 0 Å². The Kier molecular flexibility index (Phi) is 13.9. The summed E-state index contributed by atoms with van der Waals surface area (Å²) < 4.78 is 0. The SMILES string of the molecule is c1ccc(-c2cccc(-c3cc(Cc4cc(-c5cccc(-c6ccccc6)c5)cc(-c5cccc(-c6ccccc6)c5)c4)cc(-c4cccc(-c5ccccc5)c4)c3)c2)cc1.c1ccc(-c2ccccn2)nc1. The van der Waals surface area contributed by atoms with Crippen LogP contribution in [-0.2, 0) is 6.42 Å². The summed E-state index contributed by atoms with van der Waals surface area (Å²) in [6, 6.07) is 104. The molecular formula is C71H52N2. The second-order valence-corrected chi connectivity index (χ2v) is 18.2. The van der Waals surface area contributed by atoms with Gasteiger partial charge in [0.25, 0.3) is 0 Å². The molecule has 0 saturated carbocycles. The Morgan fingerprint density at radius 3 is 0.644 bits per heavy atom. The average molecular weight is 933 g/mol. The number of aromatic nitrogens is 2. The third-order valence-corrected chi connectivity index (χ3v) is 13.2. The molecule has 0 fully saturated rings. The minimum Gasteiger partial charge on any atom is -0.255 e. The number of pyridine rings is 2. The van der Waals surface area contributed by atoms with Crippen LogP contribution in [-0.4, -0.2) is 9.97 Å². The van der Waals surface area contributed by atoms with Crippen LogP contribution < -0.4 is 0 Å². The van der Waals surface area contributed by atoms with E-state index in [1.54, 1.807) is 12.4 Å². The maximum Gasteiger partial charge on any atom is 0.0886 e. The molecule has 2 aromatic heterocycles. The highest BCUT2D eigenvalue weighted by molar-refractivity contribution is 5.82. The first-order chi connectivity index (χ1) is 36.1. The molecule has 346 valence electrons. The van der Waals surface area contributed by atoms with Crippen molar-refractivity contribution in [3.8, 4) is 100 Å². The number of hydrogen-bond acceptors (Lipinski definition) is 2. The Balaban J connectivity index is 0.000000418. The van der Waals surface area contributed by atoms with Gasteiger partial charge in [-0.25, -0.2) is 0 Å². The molecular weight excluding hydrogens is 881 g/mol. The summed E-state index contributed by atoms with van der Waals surface area (Å²) >= 11 is 0. The molecule has 0 atom stereocenters. The smallest absolute Gasteiger partial charge is 0.0886 e. The highest BCUT2D eigenvalue weighted by Crippen LogP contribution is 2.37. The van der Waals surface area contributed by atoms with E-state index in [1.165, 1.54) is 100 Å². The van der Waals surface area contributed by atoms with Gasteiger partial charge in [-0.2, -0.15) is 0 Å². The molecule has 0 N–H and O–H groups in total. The number of hydrogen-bond donors (Lipinski definition) is 0. The maximum atomic E-state index is 4.19. The van der Waals surface area contributed by atoms with E-state index >= 15 is 0 Å². The van der Waals surface area contributed by atoms with Crippen molar-refractivity contribution in [3.05, 3.63) is 315 Å². The summed E-state index contributed by atoms with van der Waals surface area (Å²) in [5.41, 5.74) is 23.7. The van der Waals surface area contributed by atoms with Crippen LogP contribution in [0.15, 0.2) is 304 Å². The molecule has 0 radical (unpaired) electrons. The van der Waals surface area contributed by atoms with E-state index < -0.39 is 0 Å². The van der Waals surface area contributed by atoms with Crippen LogP contribution in [0.2, 0.25) is 0 Å². The predicted octanol–water partition coefficient (Wildman–Crippen LogP) is 18.8. The van der Waals surface area contributed by atoms with Crippen LogP contribution in [0.5, 0.6) is 0 Å². The molecule has 10 aromatic carbocycles. The molecule has 2 heteroatoms. The Bertz CT molecular complexity index is 3270. The number of benzene rings is 10. The van der Waals surface area contributed by atoms with Crippen molar-refractivity contribution in [1.29, 1.82) is 0 Å². The zero-order valence-electron chi connectivity index (χ0n) is 40.5. The van der Waals surface area contributed by atoms with Gasteiger partial charge in [-0.1, -0.05) is 231 Å². The quantitative estimate of drug-likeness (QED) is 0.129. The molecule has 12 rings (SSSR count). The van der Waals surface area contributed by atoms with Gasteiger partial charge < -0.3 is 0 Å². The lowest BCUT2D eigenvalue weighted by Crippen LogP contribution is -1.94. The van der Waals surface area contributed by atoms with Gasteiger partial charge in [0.2, 0.25) is 0 Å². The molecule has 2 heterocycles. The van der Waals surface area contributed by atoms with E-state index in [9.17, 15) is 0 Å². The summed E-state index contributed by atoms with van der Waals surface area (Å²) in [7, 11) is 0. The first-order valence-corrected chi connectivity index (χ1v) is 24.9. The van der Waals surface area contributed by atoms with Crippen LogP contribution in [0.1, 0.15) is 11.1 Å². The lowest BCUT2D eigenvalue weighted by molar-refractivity contribution is 1.20.